The van der Waals surface area contributed by atoms with Gasteiger partial charge in [0.05, 0.1) is 6.61 Å². The highest BCUT2D eigenvalue weighted by molar-refractivity contribution is 9.10. The van der Waals surface area contributed by atoms with Crippen molar-refractivity contribution in [3.8, 4) is 5.75 Å². The maximum Gasteiger partial charge on any atom is 0.120 e. The minimum atomic E-state index is 0.196. The van der Waals surface area contributed by atoms with Crippen LogP contribution >= 0.6 is 27.7 Å². The van der Waals surface area contributed by atoms with E-state index in [1.165, 1.54) is 0 Å². The maximum atomic E-state index is 9.16. The second kappa shape index (κ2) is 8.80. The molecule has 5 heteroatoms. The van der Waals surface area contributed by atoms with E-state index in [9.17, 15) is 0 Å². The van der Waals surface area contributed by atoms with Gasteiger partial charge in [0.15, 0.2) is 0 Å². The van der Waals surface area contributed by atoms with Crippen molar-refractivity contribution in [3.63, 3.8) is 0 Å². The number of thioether (sulfide) groups is 1. The van der Waals surface area contributed by atoms with Crippen LogP contribution in [0.15, 0.2) is 28.7 Å². The molecule has 0 bridgehead atoms. The zero-order chi connectivity index (χ0) is 13.4. The summed E-state index contributed by atoms with van der Waals surface area (Å²) in [6, 6.07) is 8.08. The molecule has 0 amide bonds. The Bertz CT molecular complexity index is 348. The van der Waals surface area contributed by atoms with E-state index >= 15 is 0 Å². The lowest BCUT2D eigenvalue weighted by Gasteiger charge is -2.21. The molecule has 2 atom stereocenters. The number of rotatable bonds is 8. The molecule has 0 aliphatic heterocycles. The van der Waals surface area contributed by atoms with Crippen molar-refractivity contribution in [1.29, 1.82) is 0 Å². The smallest absolute Gasteiger partial charge is 0.120 e. The lowest BCUT2D eigenvalue weighted by atomic mass is 10.2. The summed E-state index contributed by atoms with van der Waals surface area (Å²) in [4.78, 5) is 0. The third-order valence-corrected chi connectivity index (χ3v) is 4.33. The van der Waals surface area contributed by atoms with Gasteiger partial charge in [0.2, 0.25) is 0 Å². The number of nitrogens with one attached hydrogen (secondary N) is 1. The molecule has 0 heterocycles. The topological polar surface area (TPSA) is 41.5 Å². The standard InChI is InChI=1S/C13H20BrNO2S/c1-10(13(9-16)18-2)15-6-7-17-12-5-3-4-11(14)8-12/h3-5,8,10,13,15-16H,6-7,9H2,1-2H3. The average molecular weight is 334 g/mol. The molecule has 0 fully saturated rings. The molecule has 0 aliphatic carbocycles. The lowest BCUT2D eigenvalue weighted by molar-refractivity contribution is 0.265. The van der Waals surface area contributed by atoms with Crippen molar-refractivity contribution < 1.29 is 9.84 Å². The van der Waals surface area contributed by atoms with Crippen LogP contribution < -0.4 is 10.1 Å². The van der Waals surface area contributed by atoms with Gasteiger partial charge in [-0.3, -0.25) is 0 Å². The molecule has 0 aromatic heterocycles. The van der Waals surface area contributed by atoms with E-state index in [0.717, 1.165) is 16.8 Å². The normalized spacial score (nSPS) is 14.2. The highest BCUT2D eigenvalue weighted by Crippen LogP contribution is 2.17. The number of aliphatic hydroxyl groups excluding tert-OH is 1. The Labute approximate surface area is 121 Å². The van der Waals surface area contributed by atoms with Gasteiger partial charge in [-0.1, -0.05) is 22.0 Å². The van der Waals surface area contributed by atoms with Gasteiger partial charge in [0.1, 0.15) is 12.4 Å². The number of aliphatic hydroxyl groups is 1. The first-order chi connectivity index (χ1) is 8.67. The van der Waals surface area contributed by atoms with E-state index in [1.807, 2.05) is 30.5 Å². The van der Waals surface area contributed by atoms with Gasteiger partial charge in [-0.2, -0.15) is 11.8 Å². The van der Waals surface area contributed by atoms with E-state index in [-0.39, 0.29) is 17.9 Å². The van der Waals surface area contributed by atoms with Gasteiger partial charge < -0.3 is 15.2 Å². The maximum absolute atomic E-state index is 9.16. The van der Waals surface area contributed by atoms with E-state index in [2.05, 4.69) is 28.2 Å². The van der Waals surface area contributed by atoms with Crippen LogP contribution in [-0.2, 0) is 0 Å². The van der Waals surface area contributed by atoms with E-state index in [0.29, 0.717) is 6.61 Å². The summed E-state index contributed by atoms with van der Waals surface area (Å²) in [5.41, 5.74) is 0. The van der Waals surface area contributed by atoms with E-state index in [1.54, 1.807) is 11.8 Å². The van der Waals surface area contributed by atoms with Gasteiger partial charge in [-0.25, -0.2) is 0 Å². The molecule has 1 aromatic carbocycles. The third kappa shape index (κ3) is 5.61. The fraction of sp³-hybridized carbons (Fsp3) is 0.538. The molecule has 0 aliphatic rings. The van der Waals surface area contributed by atoms with E-state index < -0.39 is 0 Å². The van der Waals surface area contributed by atoms with Crippen LogP contribution in [0.2, 0.25) is 0 Å². The molecule has 0 radical (unpaired) electrons. The predicted octanol–water partition coefficient (Wildman–Crippen LogP) is 2.53. The van der Waals surface area contributed by atoms with Crippen molar-refractivity contribution in [2.75, 3.05) is 26.0 Å². The fourth-order valence-corrected chi connectivity index (χ4v) is 2.61. The highest BCUT2D eigenvalue weighted by atomic mass is 79.9. The third-order valence-electron chi connectivity index (χ3n) is 2.67. The summed E-state index contributed by atoms with van der Waals surface area (Å²) in [6.07, 6.45) is 2.01. The summed E-state index contributed by atoms with van der Waals surface area (Å²) in [5, 5.41) is 12.7. The molecule has 3 nitrogen and oxygen atoms in total. The molecular formula is C13H20BrNO2S. The fourth-order valence-electron chi connectivity index (χ4n) is 1.58. The molecule has 2 N–H and O–H groups in total. The van der Waals surface area contributed by atoms with Gasteiger partial charge in [-0.05, 0) is 31.4 Å². The molecule has 102 valence electrons. The second-order valence-corrected chi connectivity index (χ2v) is 6.00. The van der Waals surface area contributed by atoms with Crippen LogP contribution in [-0.4, -0.2) is 42.4 Å². The average Bonchev–Trinajstić information content (AvgIpc) is 2.36. The lowest BCUT2D eigenvalue weighted by Crippen LogP contribution is -2.39. The number of ether oxygens (including phenoxy) is 1. The summed E-state index contributed by atoms with van der Waals surface area (Å²) >= 11 is 5.08. The molecule has 1 rings (SSSR count). The second-order valence-electron chi connectivity index (χ2n) is 4.01. The quantitative estimate of drug-likeness (QED) is 0.717. The molecular weight excluding hydrogens is 314 g/mol. The van der Waals surface area contributed by atoms with E-state index in [4.69, 9.17) is 9.84 Å². The summed E-state index contributed by atoms with van der Waals surface area (Å²) in [7, 11) is 0. The Balaban J connectivity index is 2.22. The Morgan fingerprint density at radius 2 is 2.28 bits per heavy atom. The molecule has 0 saturated heterocycles. The molecule has 2 unspecified atom stereocenters. The predicted molar refractivity (Wildman–Crippen MR) is 81.5 cm³/mol. The number of hydrogen-bond acceptors (Lipinski definition) is 4. The largest absolute Gasteiger partial charge is 0.492 e. The Morgan fingerprint density at radius 1 is 1.50 bits per heavy atom. The van der Waals surface area contributed by atoms with Gasteiger partial charge in [0, 0.05) is 22.3 Å². The minimum Gasteiger partial charge on any atom is -0.492 e. The van der Waals surface area contributed by atoms with Gasteiger partial charge in [0.25, 0.3) is 0 Å². The Morgan fingerprint density at radius 3 is 2.89 bits per heavy atom. The molecule has 18 heavy (non-hydrogen) atoms. The first-order valence-corrected chi connectivity index (χ1v) is 8.01. The van der Waals surface area contributed by atoms with Gasteiger partial charge in [-0.15, -0.1) is 0 Å². The summed E-state index contributed by atoms with van der Waals surface area (Å²) in [6.45, 7) is 3.66. The monoisotopic (exact) mass is 333 g/mol. The number of benzene rings is 1. The van der Waals surface area contributed by atoms with Crippen LogP contribution in [0.1, 0.15) is 6.92 Å². The van der Waals surface area contributed by atoms with Crippen molar-refractivity contribution in [2.45, 2.75) is 18.2 Å². The van der Waals surface area contributed by atoms with Crippen molar-refractivity contribution in [1.82, 2.24) is 5.32 Å². The van der Waals surface area contributed by atoms with Crippen molar-refractivity contribution in [2.24, 2.45) is 0 Å². The summed E-state index contributed by atoms with van der Waals surface area (Å²) in [5.74, 6) is 0.863. The Kier molecular flexibility index (Phi) is 7.74. The highest BCUT2D eigenvalue weighted by Gasteiger charge is 2.13. The van der Waals surface area contributed by atoms with Gasteiger partial charge >= 0.3 is 0 Å². The zero-order valence-electron chi connectivity index (χ0n) is 10.7. The minimum absolute atomic E-state index is 0.196. The van der Waals surface area contributed by atoms with Crippen LogP contribution in [0.25, 0.3) is 0 Å². The first-order valence-electron chi connectivity index (χ1n) is 5.92. The summed E-state index contributed by atoms with van der Waals surface area (Å²) < 4.78 is 6.64. The molecule has 0 spiro atoms. The molecule has 1 aromatic rings. The number of hydrogen-bond donors (Lipinski definition) is 2. The first kappa shape index (κ1) is 15.8. The van der Waals surface area contributed by atoms with Crippen LogP contribution in [0, 0.1) is 0 Å². The van der Waals surface area contributed by atoms with Crippen molar-refractivity contribution in [3.05, 3.63) is 28.7 Å². The van der Waals surface area contributed by atoms with Crippen LogP contribution in [0.3, 0.4) is 0 Å². The van der Waals surface area contributed by atoms with Crippen LogP contribution in [0.5, 0.6) is 5.75 Å². The SMILES string of the molecule is CSC(CO)C(C)NCCOc1cccc(Br)c1. The molecule has 0 saturated carbocycles. The number of halogens is 1. The Hall–Kier alpha value is -0.230. The van der Waals surface area contributed by atoms with Crippen LogP contribution in [0.4, 0.5) is 0 Å². The van der Waals surface area contributed by atoms with Crippen molar-refractivity contribution >= 4 is 27.7 Å². The zero-order valence-corrected chi connectivity index (χ0v) is 13.1.